The van der Waals surface area contributed by atoms with Gasteiger partial charge in [-0.25, -0.2) is 0 Å². The molecule has 0 spiro atoms. The van der Waals surface area contributed by atoms with Crippen molar-refractivity contribution in [2.75, 3.05) is 0 Å². The van der Waals surface area contributed by atoms with Crippen LogP contribution in [0.3, 0.4) is 0 Å². The molecule has 0 amide bonds. The maximum atomic E-state index is 5.92. The standard InChI is InChI=1S/C26H30O2S/c1-5-18(3)27-22-14-10-20(11-15-22)24-8-7-9-25(29)26(24)21-12-16-23(17-13-21)28-19(4)6-2/h7-19,29H,5-6H2,1-4H3. The summed E-state index contributed by atoms with van der Waals surface area (Å²) in [6.45, 7) is 8.43. The lowest BCUT2D eigenvalue weighted by Gasteiger charge is -2.16. The van der Waals surface area contributed by atoms with Crippen LogP contribution in [-0.4, -0.2) is 12.2 Å². The zero-order chi connectivity index (χ0) is 20.8. The summed E-state index contributed by atoms with van der Waals surface area (Å²) in [5, 5.41) is 0. The predicted octanol–water partition coefficient (Wildman–Crippen LogP) is 7.66. The molecule has 2 nitrogen and oxygen atoms in total. The minimum Gasteiger partial charge on any atom is -0.491 e. The van der Waals surface area contributed by atoms with Crippen LogP contribution in [0.2, 0.25) is 0 Å². The van der Waals surface area contributed by atoms with Crippen LogP contribution in [0.15, 0.2) is 71.6 Å². The van der Waals surface area contributed by atoms with Crippen molar-refractivity contribution in [2.45, 2.75) is 57.6 Å². The van der Waals surface area contributed by atoms with Crippen molar-refractivity contribution in [3.05, 3.63) is 66.7 Å². The monoisotopic (exact) mass is 406 g/mol. The second-order valence-corrected chi connectivity index (χ2v) is 7.90. The van der Waals surface area contributed by atoms with E-state index in [1.165, 1.54) is 0 Å². The summed E-state index contributed by atoms with van der Waals surface area (Å²) < 4.78 is 11.8. The smallest absolute Gasteiger partial charge is 0.119 e. The zero-order valence-corrected chi connectivity index (χ0v) is 18.6. The first-order chi connectivity index (χ1) is 14.0. The van der Waals surface area contributed by atoms with Gasteiger partial charge in [-0.2, -0.15) is 0 Å². The van der Waals surface area contributed by atoms with Crippen molar-refractivity contribution < 1.29 is 9.47 Å². The SMILES string of the molecule is CCC(C)Oc1ccc(-c2cccc(S)c2-c2ccc(OC(C)CC)cc2)cc1. The molecule has 0 aliphatic heterocycles. The van der Waals surface area contributed by atoms with Crippen molar-refractivity contribution >= 4 is 12.6 Å². The summed E-state index contributed by atoms with van der Waals surface area (Å²) in [7, 11) is 0. The maximum Gasteiger partial charge on any atom is 0.119 e. The Kier molecular flexibility index (Phi) is 7.27. The first kappa shape index (κ1) is 21.3. The highest BCUT2D eigenvalue weighted by Gasteiger charge is 2.12. The molecular formula is C26H30O2S. The van der Waals surface area contributed by atoms with E-state index >= 15 is 0 Å². The van der Waals surface area contributed by atoms with Crippen LogP contribution in [0, 0.1) is 0 Å². The van der Waals surface area contributed by atoms with Gasteiger partial charge in [0.2, 0.25) is 0 Å². The third-order valence-electron chi connectivity index (χ3n) is 5.18. The first-order valence-corrected chi connectivity index (χ1v) is 10.8. The molecule has 0 aliphatic rings. The average Bonchev–Trinajstić information content (AvgIpc) is 2.74. The highest BCUT2D eigenvalue weighted by molar-refractivity contribution is 7.80. The molecule has 3 aromatic rings. The van der Waals surface area contributed by atoms with Gasteiger partial charge in [-0.05, 0) is 73.7 Å². The van der Waals surface area contributed by atoms with Gasteiger partial charge < -0.3 is 9.47 Å². The van der Waals surface area contributed by atoms with Crippen LogP contribution in [0.1, 0.15) is 40.5 Å². The van der Waals surface area contributed by atoms with E-state index in [1.807, 2.05) is 36.4 Å². The number of rotatable bonds is 8. The van der Waals surface area contributed by atoms with E-state index in [0.29, 0.717) is 0 Å². The number of hydrogen-bond acceptors (Lipinski definition) is 3. The minimum atomic E-state index is 0.213. The van der Waals surface area contributed by atoms with Crippen molar-refractivity contribution in [1.29, 1.82) is 0 Å². The molecule has 0 aromatic heterocycles. The average molecular weight is 407 g/mol. The number of thiol groups is 1. The van der Waals surface area contributed by atoms with Crippen molar-refractivity contribution in [2.24, 2.45) is 0 Å². The van der Waals surface area contributed by atoms with E-state index in [1.54, 1.807) is 0 Å². The van der Waals surface area contributed by atoms with Gasteiger partial charge in [0.05, 0.1) is 12.2 Å². The van der Waals surface area contributed by atoms with Crippen molar-refractivity contribution in [1.82, 2.24) is 0 Å². The van der Waals surface area contributed by atoms with E-state index < -0.39 is 0 Å². The normalized spacial score (nSPS) is 13.0. The highest BCUT2D eigenvalue weighted by atomic mass is 32.1. The molecule has 0 heterocycles. The zero-order valence-electron chi connectivity index (χ0n) is 17.7. The topological polar surface area (TPSA) is 18.5 Å². The van der Waals surface area contributed by atoms with Crippen LogP contribution >= 0.6 is 12.6 Å². The summed E-state index contributed by atoms with van der Waals surface area (Å²) in [4.78, 5) is 0.957. The second-order valence-electron chi connectivity index (χ2n) is 7.42. The summed E-state index contributed by atoms with van der Waals surface area (Å²) in [5.41, 5.74) is 4.55. The molecule has 3 aromatic carbocycles. The molecule has 29 heavy (non-hydrogen) atoms. The van der Waals surface area contributed by atoms with Crippen LogP contribution in [-0.2, 0) is 0 Å². The fraction of sp³-hybridized carbons (Fsp3) is 0.308. The van der Waals surface area contributed by atoms with Gasteiger partial charge in [-0.1, -0.05) is 50.2 Å². The Morgan fingerprint density at radius 3 is 1.66 bits per heavy atom. The quantitative estimate of drug-likeness (QED) is 0.387. The predicted molar refractivity (Wildman–Crippen MR) is 125 cm³/mol. The molecule has 0 saturated carbocycles. The number of ether oxygens (including phenoxy) is 2. The fourth-order valence-electron chi connectivity index (χ4n) is 3.13. The van der Waals surface area contributed by atoms with Gasteiger partial charge >= 0.3 is 0 Å². The van der Waals surface area contributed by atoms with Gasteiger partial charge in [0.1, 0.15) is 11.5 Å². The third-order valence-corrected chi connectivity index (χ3v) is 5.55. The molecule has 0 radical (unpaired) electrons. The Morgan fingerprint density at radius 1 is 0.690 bits per heavy atom. The van der Waals surface area contributed by atoms with Gasteiger partial charge in [0.25, 0.3) is 0 Å². The molecule has 2 atom stereocenters. The number of benzene rings is 3. The van der Waals surface area contributed by atoms with E-state index in [9.17, 15) is 0 Å². The lowest BCUT2D eigenvalue weighted by atomic mass is 9.94. The van der Waals surface area contributed by atoms with Crippen molar-refractivity contribution in [3.8, 4) is 33.8 Å². The summed E-state index contributed by atoms with van der Waals surface area (Å²) in [6, 6.07) is 22.8. The molecule has 0 N–H and O–H groups in total. The van der Waals surface area contributed by atoms with Crippen LogP contribution < -0.4 is 9.47 Å². The summed E-state index contributed by atoms with van der Waals surface area (Å²) in [5.74, 6) is 1.80. The van der Waals surface area contributed by atoms with Crippen LogP contribution in [0.4, 0.5) is 0 Å². The van der Waals surface area contributed by atoms with Gasteiger partial charge in [0.15, 0.2) is 0 Å². The number of hydrogen-bond donors (Lipinski definition) is 1. The Bertz CT molecular complexity index is 916. The van der Waals surface area contributed by atoms with E-state index in [-0.39, 0.29) is 12.2 Å². The van der Waals surface area contributed by atoms with Crippen LogP contribution in [0.25, 0.3) is 22.3 Å². The van der Waals surface area contributed by atoms with Crippen molar-refractivity contribution in [3.63, 3.8) is 0 Å². The Labute approximate surface area is 180 Å². The van der Waals surface area contributed by atoms with Gasteiger partial charge in [0, 0.05) is 10.5 Å². The maximum absolute atomic E-state index is 5.92. The Balaban J connectivity index is 1.92. The molecule has 152 valence electrons. The van der Waals surface area contributed by atoms with E-state index in [2.05, 4.69) is 58.0 Å². The molecule has 3 heteroatoms. The van der Waals surface area contributed by atoms with E-state index in [4.69, 9.17) is 22.1 Å². The largest absolute Gasteiger partial charge is 0.491 e. The summed E-state index contributed by atoms with van der Waals surface area (Å²) >= 11 is 4.75. The fourth-order valence-corrected chi connectivity index (χ4v) is 3.46. The molecule has 3 rings (SSSR count). The Morgan fingerprint density at radius 2 is 1.17 bits per heavy atom. The second kappa shape index (κ2) is 9.89. The molecule has 0 saturated heterocycles. The lowest BCUT2D eigenvalue weighted by molar-refractivity contribution is 0.217. The molecule has 0 fully saturated rings. The molecule has 0 bridgehead atoms. The van der Waals surface area contributed by atoms with Gasteiger partial charge in [-0.3, -0.25) is 0 Å². The highest BCUT2D eigenvalue weighted by Crippen LogP contribution is 2.38. The Hall–Kier alpha value is -2.39. The third kappa shape index (κ3) is 5.36. The molecule has 0 aliphatic carbocycles. The summed E-state index contributed by atoms with van der Waals surface area (Å²) in [6.07, 6.45) is 2.41. The minimum absolute atomic E-state index is 0.213. The molecular weight excluding hydrogens is 376 g/mol. The molecule has 2 unspecified atom stereocenters. The van der Waals surface area contributed by atoms with Crippen LogP contribution in [0.5, 0.6) is 11.5 Å². The lowest BCUT2D eigenvalue weighted by Crippen LogP contribution is -2.09. The van der Waals surface area contributed by atoms with Gasteiger partial charge in [-0.15, -0.1) is 12.6 Å². The van der Waals surface area contributed by atoms with E-state index in [0.717, 1.165) is 51.5 Å². The first-order valence-electron chi connectivity index (χ1n) is 10.4.